The predicted octanol–water partition coefficient (Wildman–Crippen LogP) is 0.0351. The van der Waals surface area contributed by atoms with Gasteiger partial charge in [-0.2, -0.15) is 0 Å². The Hall–Kier alpha value is -1.11. The van der Waals surface area contributed by atoms with Gasteiger partial charge in [-0.25, -0.2) is 9.48 Å². The predicted molar refractivity (Wildman–Crippen MR) is 38.9 cm³/mol. The molecule has 0 radical (unpaired) electrons. The number of nitrogens with two attached hydrogens (primary N) is 1. The molecule has 2 N–H and O–H groups in total. The van der Waals surface area contributed by atoms with E-state index in [-0.39, 0.29) is 5.88 Å². The lowest BCUT2D eigenvalue weighted by molar-refractivity contribution is 0.206. The van der Waals surface area contributed by atoms with Gasteiger partial charge in [-0.15, -0.1) is 5.10 Å². The van der Waals surface area contributed by atoms with E-state index in [1.54, 1.807) is 7.05 Å². The Morgan fingerprint density at radius 1 is 1.82 bits per heavy atom. The van der Waals surface area contributed by atoms with Crippen LogP contribution in [-0.4, -0.2) is 21.1 Å². The highest BCUT2D eigenvalue weighted by molar-refractivity contribution is 9.10. The average Bonchev–Trinajstić information content (AvgIpc) is 2.18. The standard InChI is InChI=1S/C4H5BrN4O2/c1-9-3(11-4(6)10)2(5)7-8-9/h1H3,(H2,6,10). The van der Waals surface area contributed by atoms with Crippen molar-refractivity contribution < 1.29 is 9.53 Å². The molecule has 6 nitrogen and oxygen atoms in total. The smallest absolute Gasteiger partial charge is 0.389 e. The SMILES string of the molecule is Cn1nnc(Br)c1OC(N)=O. The fraction of sp³-hybridized carbons (Fsp3) is 0.250. The number of aromatic nitrogens is 3. The summed E-state index contributed by atoms with van der Waals surface area (Å²) in [5, 5.41) is 7.12. The number of nitrogens with zero attached hydrogens (tertiary/aromatic N) is 3. The molecule has 0 aliphatic rings. The topological polar surface area (TPSA) is 83.0 Å². The van der Waals surface area contributed by atoms with Crippen molar-refractivity contribution in [3.05, 3.63) is 4.60 Å². The lowest BCUT2D eigenvalue weighted by Crippen LogP contribution is -2.18. The van der Waals surface area contributed by atoms with E-state index in [1.165, 1.54) is 4.68 Å². The van der Waals surface area contributed by atoms with Crippen LogP contribution < -0.4 is 10.5 Å². The van der Waals surface area contributed by atoms with E-state index < -0.39 is 6.09 Å². The molecule has 1 rings (SSSR count). The highest BCUT2D eigenvalue weighted by Gasteiger charge is 2.10. The van der Waals surface area contributed by atoms with Crippen molar-refractivity contribution in [1.29, 1.82) is 0 Å². The van der Waals surface area contributed by atoms with Crippen molar-refractivity contribution in [3.63, 3.8) is 0 Å². The fourth-order valence-corrected chi connectivity index (χ4v) is 0.935. The van der Waals surface area contributed by atoms with Gasteiger partial charge < -0.3 is 10.5 Å². The lowest BCUT2D eigenvalue weighted by atomic mass is 10.8. The van der Waals surface area contributed by atoms with Crippen LogP contribution in [0, 0.1) is 0 Å². The molecule has 1 heterocycles. The van der Waals surface area contributed by atoms with Crippen molar-refractivity contribution in [2.75, 3.05) is 0 Å². The molecule has 11 heavy (non-hydrogen) atoms. The highest BCUT2D eigenvalue weighted by atomic mass is 79.9. The summed E-state index contributed by atoms with van der Waals surface area (Å²) in [5.74, 6) is 0.192. The van der Waals surface area contributed by atoms with E-state index in [2.05, 4.69) is 31.0 Å². The van der Waals surface area contributed by atoms with Crippen molar-refractivity contribution >= 4 is 22.0 Å². The van der Waals surface area contributed by atoms with E-state index in [9.17, 15) is 4.79 Å². The Labute approximate surface area is 70.4 Å². The normalized spacial score (nSPS) is 9.64. The minimum absolute atomic E-state index is 0.192. The fourth-order valence-electron chi connectivity index (χ4n) is 0.527. The highest BCUT2D eigenvalue weighted by Crippen LogP contribution is 2.19. The van der Waals surface area contributed by atoms with E-state index in [0.717, 1.165) is 0 Å². The Morgan fingerprint density at radius 2 is 2.45 bits per heavy atom. The van der Waals surface area contributed by atoms with Gasteiger partial charge in [0.25, 0.3) is 5.88 Å². The molecule has 0 saturated carbocycles. The molecule has 0 unspecified atom stereocenters. The monoisotopic (exact) mass is 220 g/mol. The molecule has 1 aromatic heterocycles. The molecule has 7 heteroatoms. The first-order chi connectivity index (χ1) is 5.11. The van der Waals surface area contributed by atoms with Crippen LogP contribution >= 0.6 is 15.9 Å². The van der Waals surface area contributed by atoms with Crippen LogP contribution in [0.1, 0.15) is 0 Å². The number of primary amides is 1. The molecular formula is C4H5BrN4O2. The maximum absolute atomic E-state index is 10.3. The summed E-state index contributed by atoms with van der Waals surface area (Å²) in [4.78, 5) is 10.3. The zero-order valence-corrected chi connectivity index (χ0v) is 7.20. The van der Waals surface area contributed by atoms with Gasteiger partial charge in [0.15, 0.2) is 4.60 Å². The minimum Gasteiger partial charge on any atom is -0.389 e. The number of carbonyl (C=O) groups excluding carboxylic acids is 1. The van der Waals surface area contributed by atoms with Crippen LogP contribution in [0.15, 0.2) is 4.60 Å². The third-order valence-electron chi connectivity index (χ3n) is 0.934. The quantitative estimate of drug-likeness (QED) is 0.725. The molecule has 0 aliphatic heterocycles. The van der Waals surface area contributed by atoms with E-state index in [1.807, 2.05) is 0 Å². The van der Waals surface area contributed by atoms with Gasteiger partial charge in [0.2, 0.25) is 0 Å². The number of aryl methyl sites for hydroxylation is 1. The number of amides is 1. The molecule has 0 aliphatic carbocycles. The molecule has 1 amide bonds. The number of rotatable bonds is 1. The van der Waals surface area contributed by atoms with Crippen LogP contribution in [-0.2, 0) is 7.05 Å². The zero-order valence-electron chi connectivity index (χ0n) is 5.61. The lowest BCUT2D eigenvalue weighted by Gasteiger charge is -1.97. The summed E-state index contributed by atoms with van der Waals surface area (Å²) in [5.41, 5.74) is 4.77. The number of hydrogen-bond donors (Lipinski definition) is 1. The van der Waals surface area contributed by atoms with Crippen molar-refractivity contribution in [2.24, 2.45) is 12.8 Å². The molecule has 0 aromatic carbocycles. The molecule has 0 atom stereocenters. The minimum atomic E-state index is -0.892. The molecule has 1 aromatic rings. The van der Waals surface area contributed by atoms with Crippen LogP contribution in [0.5, 0.6) is 5.88 Å². The second-order valence-electron chi connectivity index (χ2n) is 1.73. The number of hydrogen-bond acceptors (Lipinski definition) is 4. The molecule has 0 spiro atoms. The third kappa shape index (κ3) is 1.67. The van der Waals surface area contributed by atoms with Gasteiger partial charge in [-0.1, -0.05) is 5.21 Å². The second-order valence-corrected chi connectivity index (χ2v) is 2.48. The maximum atomic E-state index is 10.3. The van der Waals surface area contributed by atoms with Gasteiger partial charge in [0.1, 0.15) is 0 Å². The van der Waals surface area contributed by atoms with E-state index in [4.69, 9.17) is 5.73 Å². The summed E-state index contributed by atoms with van der Waals surface area (Å²) < 4.78 is 6.18. The number of halogens is 1. The number of ether oxygens (including phenoxy) is 1. The molecule has 0 fully saturated rings. The van der Waals surface area contributed by atoms with E-state index in [0.29, 0.717) is 4.60 Å². The van der Waals surface area contributed by atoms with Crippen molar-refractivity contribution in [3.8, 4) is 5.88 Å². The van der Waals surface area contributed by atoms with Gasteiger partial charge in [-0.05, 0) is 15.9 Å². The summed E-state index contributed by atoms with van der Waals surface area (Å²) >= 11 is 3.02. The Kier molecular flexibility index (Phi) is 2.08. The van der Waals surface area contributed by atoms with Crippen LogP contribution in [0.3, 0.4) is 0 Å². The maximum Gasteiger partial charge on any atom is 0.411 e. The van der Waals surface area contributed by atoms with Gasteiger partial charge in [0.05, 0.1) is 0 Å². The van der Waals surface area contributed by atoms with Crippen LogP contribution in [0.2, 0.25) is 0 Å². The van der Waals surface area contributed by atoms with Gasteiger partial charge in [0, 0.05) is 7.05 Å². The average molecular weight is 221 g/mol. The molecule has 0 bridgehead atoms. The van der Waals surface area contributed by atoms with Gasteiger partial charge in [-0.3, -0.25) is 0 Å². The summed E-state index contributed by atoms with van der Waals surface area (Å²) in [6.07, 6.45) is -0.892. The Morgan fingerprint density at radius 3 is 2.82 bits per heavy atom. The van der Waals surface area contributed by atoms with Crippen LogP contribution in [0.4, 0.5) is 4.79 Å². The largest absolute Gasteiger partial charge is 0.411 e. The third-order valence-corrected chi connectivity index (χ3v) is 1.43. The molecule has 60 valence electrons. The number of carbonyl (C=O) groups is 1. The van der Waals surface area contributed by atoms with Gasteiger partial charge >= 0.3 is 6.09 Å². The van der Waals surface area contributed by atoms with Crippen molar-refractivity contribution in [2.45, 2.75) is 0 Å². The first kappa shape index (κ1) is 7.99. The second kappa shape index (κ2) is 2.87. The molecular weight excluding hydrogens is 216 g/mol. The van der Waals surface area contributed by atoms with Crippen molar-refractivity contribution in [1.82, 2.24) is 15.0 Å². The molecule has 0 saturated heterocycles. The Bertz CT molecular complexity index is 264. The summed E-state index contributed by atoms with van der Waals surface area (Å²) in [7, 11) is 1.58. The van der Waals surface area contributed by atoms with E-state index >= 15 is 0 Å². The summed E-state index contributed by atoms with van der Waals surface area (Å²) in [6.45, 7) is 0. The summed E-state index contributed by atoms with van der Waals surface area (Å²) in [6, 6.07) is 0. The first-order valence-corrected chi connectivity index (χ1v) is 3.43. The Balaban J connectivity index is 2.92. The first-order valence-electron chi connectivity index (χ1n) is 2.63. The zero-order chi connectivity index (χ0) is 8.43. The van der Waals surface area contributed by atoms with Crippen LogP contribution in [0.25, 0.3) is 0 Å².